The third-order valence-corrected chi connectivity index (χ3v) is 5.20. The van der Waals surface area contributed by atoms with Crippen LogP contribution in [0.25, 0.3) is 0 Å². The molecule has 0 heterocycles. The summed E-state index contributed by atoms with van der Waals surface area (Å²) in [6, 6.07) is 0. The van der Waals surface area contributed by atoms with Crippen LogP contribution in [0.15, 0.2) is 0 Å². The Morgan fingerprint density at radius 2 is 1.19 bits per heavy atom. The van der Waals surface area contributed by atoms with Crippen LogP contribution in [0.4, 0.5) is 0 Å². The van der Waals surface area contributed by atoms with Gasteiger partial charge < -0.3 is 31.1 Å². The monoisotopic (exact) mass is 461 g/mol. The SMILES string of the molecule is CCOP(=O)(O)CP(=O)(O)OCC.N.N.[Pt]. The molecule has 0 aromatic rings. The average molecular weight is 461 g/mol. The smallest absolute Gasteiger partial charge is 0.340 e. The minimum Gasteiger partial charge on any atom is -0.344 e. The molecule has 2 atom stereocenters. The van der Waals surface area contributed by atoms with Crippen molar-refractivity contribution < 1.29 is 49.0 Å². The van der Waals surface area contributed by atoms with Gasteiger partial charge in [0.25, 0.3) is 0 Å². The molecule has 8 nitrogen and oxygen atoms in total. The van der Waals surface area contributed by atoms with Crippen LogP contribution < -0.4 is 12.3 Å². The van der Waals surface area contributed by atoms with E-state index >= 15 is 0 Å². The first-order valence-electron chi connectivity index (χ1n) is 3.75. The Kier molecular flexibility index (Phi) is 17.7. The van der Waals surface area contributed by atoms with E-state index in [1.165, 1.54) is 13.8 Å². The van der Waals surface area contributed by atoms with Crippen molar-refractivity contribution in [1.29, 1.82) is 0 Å². The van der Waals surface area contributed by atoms with E-state index in [2.05, 4.69) is 9.05 Å². The molecule has 0 spiro atoms. The third kappa shape index (κ3) is 13.0. The van der Waals surface area contributed by atoms with Crippen LogP contribution in [0, 0.1) is 0 Å². The number of hydrogen-bond acceptors (Lipinski definition) is 6. The molecular weight excluding hydrogens is 441 g/mol. The maximum Gasteiger partial charge on any atom is 0.340 e. The van der Waals surface area contributed by atoms with Gasteiger partial charge in [0, 0.05) is 21.1 Å². The summed E-state index contributed by atoms with van der Waals surface area (Å²) in [5, 5.41) is 0. The second kappa shape index (κ2) is 11.0. The van der Waals surface area contributed by atoms with E-state index in [1.807, 2.05) is 0 Å². The van der Waals surface area contributed by atoms with E-state index in [0.29, 0.717) is 0 Å². The van der Waals surface area contributed by atoms with Gasteiger partial charge in [0.2, 0.25) is 0 Å². The number of rotatable bonds is 6. The molecule has 0 bridgehead atoms. The van der Waals surface area contributed by atoms with E-state index in [4.69, 9.17) is 9.79 Å². The van der Waals surface area contributed by atoms with Gasteiger partial charge in [-0.05, 0) is 13.8 Å². The average Bonchev–Trinajstić information content (AvgIpc) is 1.82. The van der Waals surface area contributed by atoms with Gasteiger partial charge in [-0.25, -0.2) is 0 Å². The Labute approximate surface area is 110 Å². The van der Waals surface area contributed by atoms with Crippen molar-refractivity contribution >= 4 is 15.2 Å². The summed E-state index contributed by atoms with van der Waals surface area (Å²) in [5.74, 6) is -0.859. The normalized spacial score (nSPS) is 16.8. The molecule has 0 rings (SSSR count). The zero-order valence-corrected chi connectivity index (χ0v) is 13.3. The zero-order valence-electron chi connectivity index (χ0n) is 9.27. The summed E-state index contributed by atoms with van der Waals surface area (Å²) in [5.41, 5.74) is 0. The second-order valence-corrected chi connectivity index (χ2v) is 6.45. The van der Waals surface area contributed by atoms with E-state index in [-0.39, 0.29) is 46.6 Å². The summed E-state index contributed by atoms with van der Waals surface area (Å²) >= 11 is 0. The molecule has 0 amide bonds. The van der Waals surface area contributed by atoms with Crippen LogP contribution in [0.2, 0.25) is 0 Å². The molecule has 0 radical (unpaired) electrons. The summed E-state index contributed by atoms with van der Waals surface area (Å²) in [6.07, 6.45) is 0. The molecule has 0 aliphatic heterocycles. The molecule has 0 aromatic heterocycles. The summed E-state index contributed by atoms with van der Waals surface area (Å²) in [7, 11) is -7.96. The molecule has 0 aliphatic carbocycles. The summed E-state index contributed by atoms with van der Waals surface area (Å²) < 4.78 is 30.9. The largest absolute Gasteiger partial charge is 0.344 e. The molecular formula is C5H20N2O6P2Pt. The van der Waals surface area contributed by atoms with Crippen molar-refractivity contribution in [2.45, 2.75) is 13.8 Å². The van der Waals surface area contributed by atoms with Crippen LogP contribution >= 0.6 is 15.2 Å². The van der Waals surface area contributed by atoms with Gasteiger partial charge >= 0.3 is 15.2 Å². The Morgan fingerprint density at radius 3 is 1.38 bits per heavy atom. The predicted octanol–water partition coefficient (Wildman–Crippen LogP) is 1.71. The molecule has 11 heteroatoms. The Morgan fingerprint density at radius 1 is 0.938 bits per heavy atom. The van der Waals surface area contributed by atoms with Crippen molar-refractivity contribution in [1.82, 2.24) is 12.3 Å². The van der Waals surface area contributed by atoms with Gasteiger partial charge in [-0.15, -0.1) is 0 Å². The quantitative estimate of drug-likeness (QED) is 0.435. The van der Waals surface area contributed by atoms with Gasteiger partial charge in [-0.3, -0.25) is 9.13 Å². The molecule has 16 heavy (non-hydrogen) atoms. The Balaban J connectivity index is -0.000000240. The van der Waals surface area contributed by atoms with Gasteiger partial charge in [0.15, 0.2) is 5.90 Å². The summed E-state index contributed by atoms with van der Waals surface area (Å²) in [4.78, 5) is 18.0. The van der Waals surface area contributed by atoms with Gasteiger partial charge in [-0.2, -0.15) is 0 Å². The van der Waals surface area contributed by atoms with Gasteiger partial charge in [-0.1, -0.05) is 0 Å². The van der Waals surface area contributed by atoms with Crippen LogP contribution in [0.1, 0.15) is 13.8 Å². The molecule has 0 fully saturated rings. The van der Waals surface area contributed by atoms with Gasteiger partial charge in [0.1, 0.15) is 0 Å². The molecule has 0 aromatic carbocycles. The van der Waals surface area contributed by atoms with Crippen molar-refractivity contribution in [3.63, 3.8) is 0 Å². The fraction of sp³-hybridized carbons (Fsp3) is 1.00. The Bertz CT molecular complexity index is 229. The van der Waals surface area contributed by atoms with Crippen LogP contribution in [0.5, 0.6) is 0 Å². The van der Waals surface area contributed by atoms with Crippen LogP contribution in [-0.4, -0.2) is 28.9 Å². The minimum absolute atomic E-state index is 0. The summed E-state index contributed by atoms with van der Waals surface area (Å²) in [6.45, 7) is 3.07. The number of hydrogen-bond donors (Lipinski definition) is 4. The van der Waals surface area contributed by atoms with E-state index < -0.39 is 21.1 Å². The second-order valence-electron chi connectivity index (χ2n) is 2.25. The van der Waals surface area contributed by atoms with Crippen molar-refractivity contribution in [2.24, 2.45) is 0 Å². The fourth-order valence-electron chi connectivity index (χ4n) is 0.711. The van der Waals surface area contributed by atoms with E-state index in [9.17, 15) is 9.13 Å². The first-order valence-corrected chi connectivity index (χ1v) is 7.28. The van der Waals surface area contributed by atoms with Crippen LogP contribution in [0.3, 0.4) is 0 Å². The standard InChI is InChI=1S/C5H14O6P2.2H3N.Pt/c1-3-10-12(6,7)5-13(8,9)11-4-2;;;/h3-5H2,1-2H3,(H,6,7)(H,8,9);2*1H3;. The molecule has 8 N–H and O–H groups in total. The molecule has 106 valence electrons. The minimum atomic E-state index is -3.98. The van der Waals surface area contributed by atoms with Crippen molar-refractivity contribution in [3.05, 3.63) is 0 Å². The first-order chi connectivity index (χ1) is 5.83. The molecule has 2 unspecified atom stereocenters. The Hall–Kier alpha value is 0.908. The fourth-order valence-corrected chi connectivity index (χ4v) is 3.98. The van der Waals surface area contributed by atoms with E-state index in [1.54, 1.807) is 0 Å². The maximum absolute atomic E-state index is 11.0. The zero-order chi connectivity index (χ0) is 10.5. The third-order valence-electron chi connectivity index (χ3n) is 1.02. The van der Waals surface area contributed by atoms with Gasteiger partial charge in [0.05, 0.1) is 13.2 Å². The maximum atomic E-state index is 11.0. The van der Waals surface area contributed by atoms with E-state index in [0.717, 1.165) is 0 Å². The first kappa shape index (κ1) is 25.7. The topological polar surface area (TPSA) is 163 Å². The van der Waals surface area contributed by atoms with Crippen molar-refractivity contribution in [2.75, 3.05) is 19.1 Å². The molecule has 0 aliphatic rings. The molecule has 0 saturated carbocycles. The predicted molar refractivity (Wildman–Crippen MR) is 57.8 cm³/mol. The van der Waals surface area contributed by atoms with Crippen LogP contribution in [-0.2, 0) is 39.2 Å². The van der Waals surface area contributed by atoms with Crippen molar-refractivity contribution in [3.8, 4) is 0 Å². The molecule has 0 saturated heterocycles.